The molecule has 1 heterocycles. The number of carbonyl (C=O) groups is 1. The van der Waals surface area contributed by atoms with E-state index in [1.807, 2.05) is 0 Å². The largest absolute Gasteiger partial charge is 0.481 e. The van der Waals surface area contributed by atoms with Crippen LogP contribution in [0.4, 0.5) is 0 Å². The van der Waals surface area contributed by atoms with Gasteiger partial charge in [0, 0.05) is 26.2 Å². The fourth-order valence-corrected chi connectivity index (χ4v) is 1.83. The molecule has 0 aromatic carbocycles. The molecule has 6 nitrogen and oxygen atoms in total. The van der Waals surface area contributed by atoms with Gasteiger partial charge in [0.15, 0.2) is 6.29 Å². The lowest BCUT2D eigenvalue weighted by atomic mass is 9.93. The predicted molar refractivity (Wildman–Crippen MR) is 51.3 cm³/mol. The molecule has 1 fully saturated rings. The Labute approximate surface area is 88.3 Å². The average molecular weight is 219 g/mol. The van der Waals surface area contributed by atoms with Gasteiger partial charge >= 0.3 is 5.97 Å². The molecular formula is C9H17NO5. The van der Waals surface area contributed by atoms with Crippen LogP contribution < -0.4 is 5.73 Å². The van der Waals surface area contributed by atoms with Crippen LogP contribution in [-0.2, 0) is 19.0 Å². The maximum absolute atomic E-state index is 10.7. The Balaban J connectivity index is 2.65. The van der Waals surface area contributed by atoms with E-state index in [2.05, 4.69) is 0 Å². The van der Waals surface area contributed by atoms with Gasteiger partial charge < -0.3 is 25.1 Å². The van der Waals surface area contributed by atoms with Crippen LogP contribution in [0.25, 0.3) is 0 Å². The van der Waals surface area contributed by atoms with E-state index < -0.39 is 18.4 Å². The normalized spacial score (nSPS) is 31.1. The minimum atomic E-state index is -0.892. The summed E-state index contributed by atoms with van der Waals surface area (Å²) < 4.78 is 15.5. The summed E-state index contributed by atoms with van der Waals surface area (Å²) >= 11 is 0. The van der Waals surface area contributed by atoms with Gasteiger partial charge in [0.1, 0.15) is 6.10 Å². The fraction of sp³-hybridized carbons (Fsp3) is 0.889. The topological polar surface area (TPSA) is 91.0 Å². The van der Waals surface area contributed by atoms with Crippen LogP contribution >= 0.6 is 0 Å². The van der Waals surface area contributed by atoms with E-state index in [0.717, 1.165) is 0 Å². The number of ether oxygens (including phenoxy) is 3. The average Bonchev–Trinajstić information content (AvgIpc) is 2.51. The van der Waals surface area contributed by atoms with Gasteiger partial charge in [-0.1, -0.05) is 0 Å². The predicted octanol–water partition coefficient (Wildman–Crippen LogP) is -0.578. The van der Waals surface area contributed by atoms with Gasteiger partial charge in [0.05, 0.1) is 13.0 Å². The van der Waals surface area contributed by atoms with Gasteiger partial charge in [-0.3, -0.25) is 4.79 Å². The van der Waals surface area contributed by atoms with Crippen molar-refractivity contribution in [3.8, 4) is 0 Å². The van der Waals surface area contributed by atoms with Crippen molar-refractivity contribution in [3.05, 3.63) is 0 Å². The molecule has 6 heteroatoms. The third kappa shape index (κ3) is 2.88. The summed E-state index contributed by atoms with van der Waals surface area (Å²) in [5, 5.41) is 8.74. The van der Waals surface area contributed by atoms with Crippen LogP contribution in [0.3, 0.4) is 0 Å². The highest BCUT2D eigenvalue weighted by Crippen LogP contribution is 2.27. The van der Waals surface area contributed by atoms with Crippen LogP contribution in [0, 0.1) is 5.92 Å². The Morgan fingerprint density at radius 2 is 2.20 bits per heavy atom. The van der Waals surface area contributed by atoms with Crippen molar-refractivity contribution >= 4 is 5.97 Å². The number of carboxylic acid groups (broad SMARTS) is 1. The lowest BCUT2D eigenvalue weighted by Crippen LogP contribution is -2.40. The summed E-state index contributed by atoms with van der Waals surface area (Å²) in [5.74, 6) is -1.16. The second-order valence-electron chi connectivity index (χ2n) is 3.56. The lowest BCUT2D eigenvalue weighted by molar-refractivity contribution is -0.178. The van der Waals surface area contributed by atoms with Gasteiger partial charge in [-0.05, 0) is 0 Å². The summed E-state index contributed by atoms with van der Waals surface area (Å²) in [6.45, 7) is 0.339. The maximum atomic E-state index is 10.7. The quantitative estimate of drug-likeness (QED) is 0.601. The second kappa shape index (κ2) is 5.41. The van der Waals surface area contributed by atoms with E-state index in [-0.39, 0.29) is 18.4 Å². The molecule has 1 rings (SSSR count). The van der Waals surface area contributed by atoms with E-state index >= 15 is 0 Å². The van der Waals surface area contributed by atoms with Gasteiger partial charge in [-0.15, -0.1) is 0 Å². The zero-order chi connectivity index (χ0) is 11.4. The third-order valence-electron chi connectivity index (χ3n) is 2.60. The molecule has 0 unspecified atom stereocenters. The molecule has 1 saturated heterocycles. The molecule has 0 aliphatic carbocycles. The van der Waals surface area contributed by atoms with Crippen molar-refractivity contribution in [2.75, 3.05) is 20.8 Å². The molecule has 1 aliphatic heterocycles. The molecule has 0 aromatic heterocycles. The van der Waals surface area contributed by atoms with Crippen molar-refractivity contribution in [1.82, 2.24) is 0 Å². The molecule has 15 heavy (non-hydrogen) atoms. The van der Waals surface area contributed by atoms with Crippen LogP contribution in [0.15, 0.2) is 0 Å². The van der Waals surface area contributed by atoms with Crippen molar-refractivity contribution < 1.29 is 24.1 Å². The zero-order valence-electron chi connectivity index (χ0n) is 8.88. The van der Waals surface area contributed by atoms with Crippen molar-refractivity contribution in [2.45, 2.75) is 24.9 Å². The molecule has 1 aliphatic rings. The number of aliphatic carboxylic acids is 1. The number of rotatable bonds is 5. The van der Waals surface area contributed by atoms with Gasteiger partial charge in [-0.2, -0.15) is 0 Å². The Morgan fingerprint density at radius 3 is 2.67 bits per heavy atom. The first kappa shape index (κ1) is 12.4. The number of hydrogen-bond donors (Lipinski definition) is 2. The van der Waals surface area contributed by atoms with Gasteiger partial charge in [-0.25, -0.2) is 0 Å². The molecular weight excluding hydrogens is 202 g/mol. The minimum Gasteiger partial charge on any atom is -0.481 e. The molecule has 0 bridgehead atoms. The first-order valence-electron chi connectivity index (χ1n) is 4.74. The molecule has 0 saturated carbocycles. The Kier molecular flexibility index (Phi) is 4.46. The second-order valence-corrected chi connectivity index (χ2v) is 3.56. The van der Waals surface area contributed by atoms with Crippen molar-refractivity contribution in [2.24, 2.45) is 11.7 Å². The summed E-state index contributed by atoms with van der Waals surface area (Å²) in [5.41, 5.74) is 5.77. The van der Waals surface area contributed by atoms with E-state index in [1.165, 1.54) is 14.2 Å². The van der Waals surface area contributed by atoms with Gasteiger partial charge in [0.2, 0.25) is 0 Å². The molecule has 0 aromatic rings. The van der Waals surface area contributed by atoms with Crippen LogP contribution in [0.1, 0.15) is 6.42 Å². The van der Waals surface area contributed by atoms with Crippen LogP contribution in [-0.4, -0.2) is 50.3 Å². The SMILES string of the molecule is COC(OC)[C@@H]1OC[C@@H](N)[C@H]1CC(=O)O. The maximum Gasteiger partial charge on any atom is 0.303 e. The highest BCUT2D eigenvalue weighted by atomic mass is 16.7. The number of carboxylic acids is 1. The number of hydrogen-bond acceptors (Lipinski definition) is 5. The highest BCUT2D eigenvalue weighted by Gasteiger charge is 2.41. The van der Waals surface area contributed by atoms with E-state index in [1.54, 1.807) is 0 Å². The Bertz CT molecular complexity index is 219. The number of methoxy groups -OCH3 is 2. The Morgan fingerprint density at radius 1 is 1.60 bits per heavy atom. The number of nitrogens with two attached hydrogens (primary N) is 1. The Hall–Kier alpha value is -0.690. The minimum absolute atomic E-state index is 0.0327. The zero-order valence-corrected chi connectivity index (χ0v) is 8.88. The first-order chi connectivity index (χ1) is 7.10. The molecule has 0 amide bonds. The molecule has 0 spiro atoms. The van der Waals surface area contributed by atoms with E-state index in [0.29, 0.717) is 6.61 Å². The van der Waals surface area contributed by atoms with Crippen molar-refractivity contribution in [1.29, 1.82) is 0 Å². The fourth-order valence-electron chi connectivity index (χ4n) is 1.83. The summed E-state index contributed by atoms with van der Waals surface area (Å²) in [6, 6.07) is -0.279. The van der Waals surface area contributed by atoms with Crippen LogP contribution in [0.5, 0.6) is 0 Å². The van der Waals surface area contributed by atoms with Crippen LogP contribution in [0.2, 0.25) is 0 Å². The van der Waals surface area contributed by atoms with Crippen molar-refractivity contribution in [3.63, 3.8) is 0 Å². The molecule has 0 radical (unpaired) electrons. The summed E-state index contributed by atoms with van der Waals surface area (Å²) in [7, 11) is 2.97. The van der Waals surface area contributed by atoms with E-state index in [9.17, 15) is 4.79 Å². The summed E-state index contributed by atoms with van der Waals surface area (Å²) in [4.78, 5) is 10.7. The van der Waals surface area contributed by atoms with E-state index in [4.69, 9.17) is 25.1 Å². The highest BCUT2D eigenvalue weighted by molar-refractivity contribution is 5.67. The standard InChI is InChI=1S/C9H17NO5/c1-13-9(14-2)8-5(3-7(11)12)6(10)4-15-8/h5-6,8-9H,3-4,10H2,1-2H3,(H,11,12)/t5-,6-,8-/m1/s1. The lowest BCUT2D eigenvalue weighted by Gasteiger charge is -2.25. The monoisotopic (exact) mass is 219 g/mol. The molecule has 3 atom stereocenters. The van der Waals surface area contributed by atoms with Gasteiger partial charge in [0.25, 0.3) is 0 Å². The molecule has 88 valence electrons. The third-order valence-corrected chi connectivity index (χ3v) is 2.60. The first-order valence-corrected chi connectivity index (χ1v) is 4.74. The molecule has 3 N–H and O–H groups in total. The summed E-state index contributed by atoms with van der Waals surface area (Å²) in [6.07, 6.45) is -1.01. The smallest absolute Gasteiger partial charge is 0.303 e.